The Morgan fingerprint density at radius 2 is 2.00 bits per heavy atom. The first-order valence-electron chi connectivity index (χ1n) is 8.49. The summed E-state index contributed by atoms with van der Waals surface area (Å²) in [4.78, 5) is 18.1. The van der Waals surface area contributed by atoms with Crippen molar-refractivity contribution in [3.8, 4) is 0 Å². The lowest BCUT2D eigenvalue weighted by atomic mass is 10.2. The van der Waals surface area contributed by atoms with Crippen LogP contribution in [0.5, 0.6) is 0 Å². The fourth-order valence-corrected chi connectivity index (χ4v) is 2.54. The van der Waals surface area contributed by atoms with Crippen LogP contribution in [-0.2, 0) is 6.54 Å². The molecule has 148 valence electrons. The maximum Gasteiger partial charge on any atom is 0.287 e. The molecule has 0 aliphatic rings. The van der Waals surface area contributed by atoms with Gasteiger partial charge in [-0.2, -0.15) is 0 Å². The van der Waals surface area contributed by atoms with Gasteiger partial charge in [-0.3, -0.25) is 9.79 Å². The van der Waals surface area contributed by atoms with E-state index >= 15 is 0 Å². The second kappa shape index (κ2) is 11.6. The van der Waals surface area contributed by atoms with Gasteiger partial charge in [0.1, 0.15) is 5.82 Å². The number of halogens is 2. The van der Waals surface area contributed by atoms with Gasteiger partial charge in [0.25, 0.3) is 5.91 Å². The van der Waals surface area contributed by atoms with E-state index in [1.165, 1.54) is 18.4 Å². The standard InChI is InChI=1S/C19H25FN4O2.HI/c1-14-8-11-26-17(14)18(25)22-9-5-10-23-19(21-2)24(3)13-15-6-4-7-16(20)12-15;/h4,6-8,11-12H,5,9-10,13H2,1-3H3,(H,21,23)(H,22,25);1H. The van der Waals surface area contributed by atoms with E-state index in [1.54, 1.807) is 19.2 Å². The normalized spacial score (nSPS) is 10.9. The lowest BCUT2D eigenvalue weighted by molar-refractivity contribution is 0.0925. The molecule has 1 amide bonds. The van der Waals surface area contributed by atoms with Gasteiger partial charge in [0, 0.05) is 39.3 Å². The van der Waals surface area contributed by atoms with Crippen molar-refractivity contribution in [2.24, 2.45) is 4.99 Å². The Morgan fingerprint density at radius 1 is 1.26 bits per heavy atom. The summed E-state index contributed by atoms with van der Waals surface area (Å²) in [6.45, 7) is 3.55. The molecular formula is C19H26FIN4O2. The van der Waals surface area contributed by atoms with Crippen LogP contribution < -0.4 is 10.6 Å². The minimum Gasteiger partial charge on any atom is -0.459 e. The molecule has 0 saturated carbocycles. The van der Waals surface area contributed by atoms with Crippen molar-refractivity contribution in [2.75, 3.05) is 27.2 Å². The third-order valence-corrected chi connectivity index (χ3v) is 3.87. The summed E-state index contributed by atoms with van der Waals surface area (Å²) in [5.41, 5.74) is 1.69. The molecule has 1 aromatic carbocycles. The second-order valence-electron chi connectivity index (χ2n) is 6.00. The number of guanidine groups is 1. The average Bonchev–Trinajstić information content (AvgIpc) is 3.04. The summed E-state index contributed by atoms with van der Waals surface area (Å²) in [5.74, 6) is 0.604. The lowest BCUT2D eigenvalue weighted by Crippen LogP contribution is -2.39. The third kappa shape index (κ3) is 7.20. The van der Waals surface area contributed by atoms with Crippen LogP contribution in [0.3, 0.4) is 0 Å². The van der Waals surface area contributed by atoms with E-state index in [2.05, 4.69) is 15.6 Å². The first-order valence-corrected chi connectivity index (χ1v) is 8.49. The molecule has 0 atom stereocenters. The van der Waals surface area contributed by atoms with Crippen molar-refractivity contribution < 1.29 is 13.6 Å². The monoisotopic (exact) mass is 488 g/mol. The number of aryl methyl sites for hydroxylation is 1. The van der Waals surface area contributed by atoms with Crippen LogP contribution in [0.4, 0.5) is 4.39 Å². The highest BCUT2D eigenvalue weighted by molar-refractivity contribution is 14.0. The van der Waals surface area contributed by atoms with Gasteiger partial charge >= 0.3 is 0 Å². The van der Waals surface area contributed by atoms with E-state index in [9.17, 15) is 9.18 Å². The Morgan fingerprint density at radius 3 is 2.63 bits per heavy atom. The molecule has 0 unspecified atom stereocenters. The zero-order valence-corrected chi connectivity index (χ0v) is 18.1. The van der Waals surface area contributed by atoms with Gasteiger partial charge in [0.05, 0.1) is 6.26 Å². The van der Waals surface area contributed by atoms with Gasteiger partial charge in [-0.05, 0) is 37.1 Å². The number of hydrogen-bond acceptors (Lipinski definition) is 3. The van der Waals surface area contributed by atoms with Crippen LogP contribution >= 0.6 is 24.0 Å². The molecule has 2 rings (SSSR count). The molecule has 0 radical (unpaired) electrons. The maximum absolute atomic E-state index is 13.3. The Kier molecular flexibility index (Phi) is 9.84. The highest BCUT2D eigenvalue weighted by Gasteiger charge is 2.11. The molecule has 1 heterocycles. The van der Waals surface area contributed by atoms with Crippen LogP contribution in [0.15, 0.2) is 46.0 Å². The molecule has 0 bridgehead atoms. The molecule has 1 aromatic heterocycles. The number of carbonyl (C=O) groups is 1. The summed E-state index contributed by atoms with van der Waals surface area (Å²) >= 11 is 0. The number of benzene rings is 1. The summed E-state index contributed by atoms with van der Waals surface area (Å²) in [5, 5.41) is 6.06. The molecule has 0 spiro atoms. The summed E-state index contributed by atoms with van der Waals surface area (Å²) in [6.07, 6.45) is 2.24. The van der Waals surface area contributed by atoms with Crippen molar-refractivity contribution in [3.63, 3.8) is 0 Å². The molecule has 0 saturated heterocycles. The fourth-order valence-electron chi connectivity index (χ4n) is 2.54. The highest BCUT2D eigenvalue weighted by atomic mass is 127. The Balaban J connectivity index is 0.00000364. The molecule has 0 aliphatic heterocycles. The van der Waals surface area contributed by atoms with E-state index in [1.807, 2.05) is 24.9 Å². The number of amides is 1. The van der Waals surface area contributed by atoms with Crippen molar-refractivity contribution in [1.29, 1.82) is 0 Å². The number of aliphatic imine (C=N–C) groups is 1. The second-order valence-corrected chi connectivity index (χ2v) is 6.00. The lowest BCUT2D eigenvalue weighted by Gasteiger charge is -2.22. The molecule has 0 aliphatic carbocycles. The Bertz CT molecular complexity index is 764. The van der Waals surface area contributed by atoms with E-state index < -0.39 is 0 Å². The molecule has 27 heavy (non-hydrogen) atoms. The van der Waals surface area contributed by atoms with Crippen LogP contribution in [0.1, 0.15) is 28.1 Å². The third-order valence-electron chi connectivity index (χ3n) is 3.87. The van der Waals surface area contributed by atoms with E-state index in [0.717, 1.165) is 17.5 Å². The minimum atomic E-state index is -0.249. The van der Waals surface area contributed by atoms with Crippen molar-refractivity contribution in [1.82, 2.24) is 15.5 Å². The Labute approximate surface area is 176 Å². The fraction of sp³-hybridized carbons (Fsp3) is 0.368. The highest BCUT2D eigenvalue weighted by Crippen LogP contribution is 2.08. The smallest absolute Gasteiger partial charge is 0.287 e. The Hall–Kier alpha value is -2.10. The van der Waals surface area contributed by atoms with Gasteiger partial charge < -0.3 is 20.0 Å². The molecule has 2 aromatic rings. The molecular weight excluding hydrogens is 462 g/mol. The van der Waals surface area contributed by atoms with Crippen LogP contribution in [0.2, 0.25) is 0 Å². The summed E-state index contributed by atoms with van der Waals surface area (Å²) in [7, 11) is 3.59. The number of rotatable bonds is 7. The predicted octanol–water partition coefficient (Wildman–Crippen LogP) is 3.17. The summed E-state index contributed by atoms with van der Waals surface area (Å²) in [6, 6.07) is 8.26. The molecule has 0 fully saturated rings. The number of carbonyl (C=O) groups excluding carboxylic acids is 1. The van der Waals surface area contributed by atoms with Crippen molar-refractivity contribution >= 4 is 35.8 Å². The maximum atomic E-state index is 13.3. The zero-order valence-electron chi connectivity index (χ0n) is 15.8. The average molecular weight is 488 g/mol. The number of nitrogens with one attached hydrogen (secondary N) is 2. The SMILES string of the molecule is CN=C(NCCCNC(=O)c1occc1C)N(C)Cc1cccc(F)c1.I. The molecule has 8 heteroatoms. The van der Waals surface area contributed by atoms with Crippen molar-refractivity contribution in [2.45, 2.75) is 19.9 Å². The molecule has 6 nitrogen and oxygen atoms in total. The van der Waals surface area contributed by atoms with E-state index in [0.29, 0.717) is 31.4 Å². The van der Waals surface area contributed by atoms with Gasteiger partial charge in [0.15, 0.2) is 11.7 Å². The summed E-state index contributed by atoms with van der Waals surface area (Å²) < 4.78 is 18.4. The van der Waals surface area contributed by atoms with Crippen molar-refractivity contribution in [3.05, 3.63) is 59.3 Å². The first kappa shape index (κ1) is 22.9. The number of hydrogen-bond donors (Lipinski definition) is 2. The number of nitrogens with zero attached hydrogens (tertiary/aromatic N) is 2. The first-order chi connectivity index (χ1) is 12.5. The van der Waals surface area contributed by atoms with Gasteiger partial charge in [0.2, 0.25) is 0 Å². The van der Waals surface area contributed by atoms with Gasteiger partial charge in [-0.1, -0.05) is 12.1 Å². The minimum absolute atomic E-state index is 0. The predicted molar refractivity (Wildman–Crippen MR) is 115 cm³/mol. The van der Waals surface area contributed by atoms with Crippen LogP contribution in [-0.4, -0.2) is 44.0 Å². The molecule has 2 N–H and O–H groups in total. The van der Waals surface area contributed by atoms with E-state index in [-0.39, 0.29) is 35.7 Å². The zero-order chi connectivity index (χ0) is 18.9. The largest absolute Gasteiger partial charge is 0.459 e. The topological polar surface area (TPSA) is 69.9 Å². The van der Waals surface area contributed by atoms with Gasteiger partial charge in [-0.15, -0.1) is 24.0 Å². The van der Waals surface area contributed by atoms with E-state index in [4.69, 9.17) is 4.42 Å². The quantitative estimate of drug-likeness (QED) is 0.272. The van der Waals surface area contributed by atoms with Gasteiger partial charge in [-0.25, -0.2) is 4.39 Å². The van der Waals surface area contributed by atoms with Crippen LogP contribution in [0, 0.1) is 12.7 Å². The number of furan rings is 1. The van der Waals surface area contributed by atoms with Crippen LogP contribution in [0.25, 0.3) is 0 Å².